The predicted molar refractivity (Wildman–Crippen MR) is 103 cm³/mol. The van der Waals surface area contributed by atoms with Crippen LogP contribution in [0.1, 0.15) is 18.4 Å². The fourth-order valence-electron chi connectivity index (χ4n) is 3.52. The predicted octanol–water partition coefficient (Wildman–Crippen LogP) is 3.88. The summed E-state index contributed by atoms with van der Waals surface area (Å²) in [6, 6.07) is 8.39. The number of hydrogen-bond acceptors (Lipinski definition) is 6. The number of nitrogens with zero attached hydrogens (tertiary/aromatic N) is 3. The molecule has 1 atom stereocenters. The molecule has 0 saturated carbocycles. The van der Waals surface area contributed by atoms with Crippen molar-refractivity contribution in [2.45, 2.75) is 25.8 Å². The van der Waals surface area contributed by atoms with Gasteiger partial charge in [-0.2, -0.15) is 0 Å². The topological polar surface area (TPSA) is 61.3 Å². The SMILES string of the molecule is Cc1cc(N[C@@H]2CCCN(C)C2)nnc1-c1ccc2ccsc2c1O. The maximum absolute atomic E-state index is 10.6. The Morgan fingerprint density at radius 1 is 1.28 bits per heavy atom. The van der Waals surface area contributed by atoms with E-state index in [2.05, 4.69) is 27.5 Å². The molecule has 4 rings (SSSR count). The van der Waals surface area contributed by atoms with Crippen LogP contribution < -0.4 is 5.32 Å². The van der Waals surface area contributed by atoms with Crippen molar-refractivity contribution in [2.24, 2.45) is 0 Å². The van der Waals surface area contributed by atoms with E-state index in [1.165, 1.54) is 6.42 Å². The average Bonchev–Trinajstić information content (AvgIpc) is 3.06. The lowest BCUT2D eigenvalue weighted by molar-refractivity contribution is 0.260. The smallest absolute Gasteiger partial charge is 0.149 e. The fourth-order valence-corrected chi connectivity index (χ4v) is 4.37. The van der Waals surface area contributed by atoms with E-state index >= 15 is 0 Å². The number of anilines is 1. The van der Waals surface area contributed by atoms with Crippen molar-refractivity contribution in [1.29, 1.82) is 0 Å². The van der Waals surface area contributed by atoms with E-state index in [1.807, 2.05) is 36.6 Å². The molecule has 1 fully saturated rings. The lowest BCUT2D eigenvalue weighted by Crippen LogP contribution is -2.39. The quantitative estimate of drug-likeness (QED) is 0.747. The van der Waals surface area contributed by atoms with Gasteiger partial charge in [-0.05, 0) is 67.9 Å². The zero-order valence-corrected chi connectivity index (χ0v) is 15.3. The van der Waals surface area contributed by atoms with Crippen LogP contribution in [0.3, 0.4) is 0 Å². The van der Waals surface area contributed by atoms with Crippen molar-refractivity contribution in [2.75, 3.05) is 25.5 Å². The normalized spacial score (nSPS) is 18.6. The highest BCUT2D eigenvalue weighted by Crippen LogP contribution is 2.38. The summed E-state index contributed by atoms with van der Waals surface area (Å²) in [4.78, 5) is 2.34. The highest BCUT2D eigenvalue weighted by molar-refractivity contribution is 7.17. The lowest BCUT2D eigenvalue weighted by Gasteiger charge is -2.30. The first-order chi connectivity index (χ1) is 12.1. The molecule has 2 aromatic heterocycles. The number of phenolic OH excluding ortho intramolecular Hbond substituents is 1. The summed E-state index contributed by atoms with van der Waals surface area (Å²) in [5.74, 6) is 1.10. The molecule has 25 heavy (non-hydrogen) atoms. The summed E-state index contributed by atoms with van der Waals surface area (Å²) in [5, 5.41) is 25.9. The molecule has 0 spiro atoms. The number of likely N-dealkylation sites (N-methyl/N-ethyl adjacent to an activating group) is 1. The molecule has 130 valence electrons. The maximum atomic E-state index is 10.6. The number of likely N-dealkylation sites (tertiary alicyclic amines) is 1. The van der Waals surface area contributed by atoms with Gasteiger partial charge in [0.15, 0.2) is 0 Å². The molecule has 0 amide bonds. The number of aromatic hydroxyl groups is 1. The molecule has 1 aliphatic rings. The molecule has 5 nitrogen and oxygen atoms in total. The number of fused-ring (bicyclic) bond motifs is 1. The van der Waals surface area contributed by atoms with Gasteiger partial charge in [0, 0.05) is 18.2 Å². The third-order valence-corrected chi connectivity index (χ3v) is 5.75. The molecule has 2 N–H and O–H groups in total. The number of thiophene rings is 1. The minimum atomic E-state index is 0.291. The molecular weight excluding hydrogens is 332 g/mol. The zero-order valence-electron chi connectivity index (χ0n) is 14.5. The molecule has 6 heteroatoms. The van der Waals surface area contributed by atoms with E-state index in [1.54, 1.807) is 11.3 Å². The first-order valence-electron chi connectivity index (χ1n) is 8.61. The van der Waals surface area contributed by atoms with Gasteiger partial charge in [-0.3, -0.25) is 0 Å². The third kappa shape index (κ3) is 3.19. The molecule has 1 aromatic carbocycles. The van der Waals surface area contributed by atoms with Crippen LogP contribution in [0.4, 0.5) is 5.82 Å². The van der Waals surface area contributed by atoms with E-state index in [9.17, 15) is 5.11 Å². The van der Waals surface area contributed by atoms with Crippen molar-refractivity contribution in [3.63, 3.8) is 0 Å². The molecule has 0 unspecified atom stereocenters. The molecular formula is C19H22N4OS. The second kappa shape index (κ2) is 6.61. The monoisotopic (exact) mass is 354 g/mol. The largest absolute Gasteiger partial charge is 0.506 e. The van der Waals surface area contributed by atoms with E-state index in [0.717, 1.165) is 52.2 Å². The van der Waals surface area contributed by atoms with Crippen molar-refractivity contribution >= 4 is 27.2 Å². The Morgan fingerprint density at radius 2 is 2.16 bits per heavy atom. The Bertz CT molecular complexity index is 908. The molecule has 0 radical (unpaired) electrons. The molecule has 0 aliphatic carbocycles. The number of hydrogen-bond donors (Lipinski definition) is 2. The van der Waals surface area contributed by atoms with Gasteiger partial charge in [0.2, 0.25) is 0 Å². The Balaban J connectivity index is 1.61. The summed E-state index contributed by atoms with van der Waals surface area (Å²) in [6.07, 6.45) is 2.36. The number of rotatable bonds is 3. The van der Waals surface area contributed by atoms with E-state index < -0.39 is 0 Å². The van der Waals surface area contributed by atoms with Crippen LogP contribution in [0.2, 0.25) is 0 Å². The van der Waals surface area contributed by atoms with Gasteiger partial charge >= 0.3 is 0 Å². The maximum Gasteiger partial charge on any atom is 0.149 e. The highest BCUT2D eigenvalue weighted by Gasteiger charge is 2.18. The summed E-state index contributed by atoms with van der Waals surface area (Å²) in [7, 11) is 2.15. The van der Waals surface area contributed by atoms with Crippen molar-refractivity contribution in [1.82, 2.24) is 15.1 Å². The second-order valence-corrected chi connectivity index (χ2v) is 7.72. The van der Waals surface area contributed by atoms with Crippen LogP contribution in [0.5, 0.6) is 5.75 Å². The van der Waals surface area contributed by atoms with Gasteiger partial charge in [-0.1, -0.05) is 6.07 Å². The van der Waals surface area contributed by atoms with E-state index in [0.29, 0.717) is 11.8 Å². The molecule has 1 saturated heterocycles. The molecule has 0 bridgehead atoms. The molecule has 3 heterocycles. The summed E-state index contributed by atoms with van der Waals surface area (Å²) >= 11 is 1.54. The van der Waals surface area contributed by atoms with Crippen molar-refractivity contribution in [3.05, 3.63) is 35.2 Å². The van der Waals surface area contributed by atoms with Crippen LogP contribution in [0.15, 0.2) is 29.6 Å². The minimum Gasteiger partial charge on any atom is -0.506 e. The number of aromatic nitrogens is 2. The van der Waals surface area contributed by atoms with Gasteiger partial charge in [0.25, 0.3) is 0 Å². The summed E-state index contributed by atoms with van der Waals surface area (Å²) in [5.41, 5.74) is 2.48. The van der Waals surface area contributed by atoms with Crippen LogP contribution in [-0.2, 0) is 0 Å². The van der Waals surface area contributed by atoms with Gasteiger partial charge in [0.05, 0.1) is 10.4 Å². The number of phenols is 1. The first-order valence-corrected chi connectivity index (χ1v) is 9.49. The standard InChI is InChI=1S/C19H22N4OS/c1-12-10-16(20-14-4-3-8-23(2)11-14)21-22-17(12)15-6-5-13-7-9-25-19(13)18(15)24/h5-7,9-10,14,24H,3-4,8,11H2,1-2H3,(H,20,21)/t14-/m1/s1. The lowest BCUT2D eigenvalue weighted by atomic mass is 10.0. The first kappa shape index (κ1) is 16.3. The number of aryl methyl sites for hydroxylation is 1. The number of benzene rings is 1. The average molecular weight is 354 g/mol. The van der Waals surface area contributed by atoms with Crippen molar-refractivity contribution in [3.8, 4) is 17.0 Å². The van der Waals surface area contributed by atoms with Crippen LogP contribution in [0.25, 0.3) is 21.3 Å². The highest BCUT2D eigenvalue weighted by atomic mass is 32.1. The molecule has 1 aliphatic heterocycles. The van der Waals surface area contributed by atoms with E-state index in [-0.39, 0.29) is 0 Å². The van der Waals surface area contributed by atoms with Crippen LogP contribution in [-0.4, -0.2) is 46.4 Å². The third-order valence-electron chi connectivity index (χ3n) is 4.81. The van der Waals surface area contributed by atoms with Gasteiger partial charge in [-0.25, -0.2) is 0 Å². The summed E-state index contributed by atoms with van der Waals surface area (Å²) in [6.45, 7) is 4.20. The van der Waals surface area contributed by atoms with E-state index in [4.69, 9.17) is 0 Å². The Labute approximate surface area is 151 Å². The van der Waals surface area contributed by atoms with Crippen LogP contribution in [0, 0.1) is 6.92 Å². The summed E-state index contributed by atoms with van der Waals surface area (Å²) < 4.78 is 0.895. The van der Waals surface area contributed by atoms with Gasteiger partial charge in [0.1, 0.15) is 11.6 Å². The Hall–Kier alpha value is -2.18. The Kier molecular flexibility index (Phi) is 4.31. The fraction of sp³-hybridized carbons (Fsp3) is 0.368. The molecule has 3 aromatic rings. The minimum absolute atomic E-state index is 0.291. The van der Waals surface area contributed by atoms with Gasteiger partial charge < -0.3 is 15.3 Å². The number of nitrogens with one attached hydrogen (secondary N) is 1. The van der Waals surface area contributed by atoms with Crippen molar-refractivity contribution < 1.29 is 5.11 Å². The Morgan fingerprint density at radius 3 is 2.96 bits per heavy atom. The second-order valence-electron chi connectivity index (χ2n) is 6.81. The number of piperidine rings is 1. The zero-order chi connectivity index (χ0) is 17.4. The van der Waals surface area contributed by atoms with Crippen LogP contribution >= 0.6 is 11.3 Å². The van der Waals surface area contributed by atoms with Gasteiger partial charge in [-0.15, -0.1) is 21.5 Å².